The van der Waals surface area contributed by atoms with E-state index in [2.05, 4.69) is 57.3 Å². The van der Waals surface area contributed by atoms with Gasteiger partial charge in [-0.3, -0.25) is 23.7 Å². The second-order valence-corrected chi connectivity index (χ2v) is 25.8. The number of hydrogen-bond acceptors (Lipinski definition) is 9. The lowest BCUT2D eigenvalue weighted by atomic mass is 9.84. The zero-order valence-corrected chi connectivity index (χ0v) is 49.1. The maximum atomic E-state index is 15.1. The summed E-state index contributed by atoms with van der Waals surface area (Å²) in [7, 11) is 0. The van der Waals surface area contributed by atoms with E-state index >= 15 is 4.79 Å². The maximum Gasteiger partial charge on any atom is 0.267 e. The van der Waals surface area contributed by atoms with Crippen LogP contribution in [0.5, 0.6) is 0 Å². The Bertz CT molecular complexity index is 3040. The SMILES string of the molecule is CB(C)S.CCCC(=N)c1c(Cl)ccc(-n2c(C(Cc3cc(F)cc(F)c3)NC(=O)Cn3nc(C4CC4)c4c3CC3CC43)nc3nc(C4CCC(F)(F)CC4)cc(C)c3c2=O)c1C.CCCCCN1CC(C)(C)OC(C)(C)C1. The number of carbonyl (C=O) groups is 1. The summed E-state index contributed by atoms with van der Waals surface area (Å²) in [6.07, 6.45) is 9.00. The highest BCUT2D eigenvalue weighted by molar-refractivity contribution is 8.10. The summed E-state index contributed by atoms with van der Waals surface area (Å²) in [5, 5.41) is 17.4. The van der Waals surface area contributed by atoms with Crippen molar-refractivity contribution in [2.24, 2.45) is 5.92 Å². The van der Waals surface area contributed by atoms with E-state index in [1.807, 2.05) is 20.6 Å². The summed E-state index contributed by atoms with van der Waals surface area (Å²) in [6.45, 7) is 23.8. The first-order valence-electron chi connectivity index (χ1n) is 28.4. The van der Waals surface area contributed by atoms with Gasteiger partial charge in [0.2, 0.25) is 11.8 Å². The molecular weight excluding hydrogens is 1040 g/mol. The first-order valence-corrected chi connectivity index (χ1v) is 29.3. The van der Waals surface area contributed by atoms with Gasteiger partial charge in [-0.05, 0) is 158 Å². The quantitative estimate of drug-likeness (QED) is 0.0295. The first-order chi connectivity index (χ1) is 36.8. The molecule has 3 aromatic heterocycles. The lowest BCUT2D eigenvalue weighted by Gasteiger charge is -2.47. The number of amides is 1. The Kier molecular flexibility index (Phi) is 18.5. The van der Waals surface area contributed by atoms with E-state index in [4.69, 9.17) is 36.8 Å². The Labute approximate surface area is 469 Å². The molecule has 4 aliphatic carbocycles. The topological polar surface area (TPSA) is 131 Å². The molecular formula is C60H80BClF4N8O3S. The summed E-state index contributed by atoms with van der Waals surface area (Å²) >= 11 is 10.7. The number of thiol groups is 1. The van der Waals surface area contributed by atoms with Crippen molar-refractivity contribution in [3.8, 4) is 5.69 Å². The van der Waals surface area contributed by atoms with Crippen LogP contribution in [-0.4, -0.2) is 83.6 Å². The van der Waals surface area contributed by atoms with Gasteiger partial charge >= 0.3 is 0 Å². The highest BCUT2D eigenvalue weighted by Crippen LogP contribution is 2.60. The minimum absolute atomic E-state index is 0.00790. The van der Waals surface area contributed by atoms with E-state index in [0.717, 1.165) is 56.2 Å². The largest absolute Gasteiger partial charge is 0.367 e. The molecule has 422 valence electrons. The molecule has 2 N–H and O–H groups in total. The lowest BCUT2D eigenvalue weighted by Crippen LogP contribution is -2.57. The summed E-state index contributed by atoms with van der Waals surface area (Å²) in [4.78, 5) is 41.9. The molecule has 10 rings (SSSR count). The van der Waals surface area contributed by atoms with Gasteiger partial charge in [-0.2, -0.15) is 5.10 Å². The second-order valence-electron chi connectivity index (χ2n) is 24.3. The van der Waals surface area contributed by atoms with Crippen LogP contribution in [0.1, 0.15) is 193 Å². The number of unbranched alkanes of at least 4 members (excludes halogenated alkanes) is 2. The number of carbonyl (C=O) groups excluding carboxylic acids is 1. The third kappa shape index (κ3) is 14.3. The Morgan fingerprint density at radius 1 is 0.949 bits per heavy atom. The number of nitrogens with one attached hydrogen (secondary N) is 2. The molecule has 11 nitrogen and oxygen atoms in total. The number of pyridine rings is 1. The van der Waals surface area contributed by atoms with Crippen molar-refractivity contribution in [3.05, 3.63) is 114 Å². The monoisotopic (exact) mass is 1110 g/mol. The molecule has 1 amide bonds. The Morgan fingerprint density at radius 2 is 1.60 bits per heavy atom. The minimum atomic E-state index is -2.75. The smallest absolute Gasteiger partial charge is 0.267 e. The van der Waals surface area contributed by atoms with Gasteiger partial charge in [-0.25, -0.2) is 40.0 Å². The average Bonchev–Trinajstić information content (AvgIpc) is 4.37. The van der Waals surface area contributed by atoms with Crippen LogP contribution in [0.25, 0.3) is 16.7 Å². The average molecular weight is 1120 g/mol. The number of aromatic nitrogens is 5. The predicted octanol–water partition coefficient (Wildman–Crippen LogP) is 13.9. The van der Waals surface area contributed by atoms with Crippen LogP contribution >= 0.6 is 24.1 Å². The number of ether oxygens (including phenoxy) is 1. The van der Waals surface area contributed by atoms with Gasteiger partial charge in [-0.1, -0.05) is 58.4 Å². The van der Waals surface area contributed by atoms with Gasteiger partial charge < -0.3 is 15.5 Å². The zero-order valence-electron chi connectivity index (χ0n) is 47.4. The number of alkyl halides is 2. The molecule has 0 bridgehead atoms. The molecule has 4 heterocycles. The maximum absolute atomic E-state index is 15.1. The molecule has 1 aliphatic heterocycles. The van der Waals surface area contributed by atoms with Gasteiger partial charge in [-0.15, -0.1) is 0 Å². The fourth-order valence-corrected chi connectivity index (χ4v) is 12.6. The van der Waals surface area contributed by atoms with Crippen LogP contribution < -0.4 is 10.9 Å². The van der Waals surface area contributed by atoms with Gasteiger partial charge in [0.25, 0.3) is 5.56 Å². The molecule has 5 aromatic rings. The van der Waals surface area contributed by atoms with Crippen molar-refractivity contribution in [3.63, 3.8) is 0 Å². The van der Waals surface area contributed by atoms with E-state index in [0.29, 0.717) is 69.7 Å². The Morgan fingerprint density at radius 3 is 2.22 bits per heavy atom. The van der Waals surface area contributed by atoms with Crippen LogP contribution in [0.15, 0.2) is 41.2 Å². The van der Waals surface area contributed by atoms with E-state index in [-0.39, 0.29) is 83.9 Å². The lowest BCUT2D eigenvalue weighted by molar-refractivity contribution is -0.180. The van der Waals surface area contributed by atoms with Crippen LogP contribution in [-0.2, 0) is 28.9 Å². The third-order valence-corrected chi connectivity index (χ3v) is 15.9. The molecule has 4 fully saturated rings. The van der Waals surface area contributed by atoms with Crippen molar-refractivity contribution < 1.29 is 27.1 Å². The number of hydrogen-bond donors (Lipinski definition) is 3. The molecule has 78 heavy (non-hydrogen) atoms. The molecule has 0 spiro atoms. The van der Waals surface area contributed by atoms with Crippen molar-refractivity contribution in [1.82, 2.24) is 34.5 Å². The number of morpholine rings is 1. The molecule has 2 aromatic carbocycles. The number of rotatable bonds is 16. The molecule has 18 heteroatoms. The number of nitrogens with zero attached hydrogens (tertiary/aromatic N) is 6. The van der Waals surface area contributed by atoms with Crippen molar-refractivity contribution in [2.75, 3.05) is 19.6 Å². The van der Waals surface area contributed by atoms with Crippen molar-refractivity contribution >= 4 is 52.7 Å². The number of halogens is 5. The molecule has 0 radical (unpaired) electrons. The number of fused-ring (bicyclic) bond motifs is 4. The second kappa shape index (κ2) is 24.3. The van der Waals surface area contributed by atoms with Crippen LogP contribution in [0.3, 0.4) is 0 Å². The molecule has 3 unspecified atom stereocenters. The summed E-state index contributed by atoms with van der Waals surface area (Å²) < 4.78 is 67.2. The Balaban J connectivity index is 0.000000359. The number of benzene rings is 2. The highest BCUT2D eigenvalue weighted by atomic mass is 35.5. The van der Waals surface area contributed by atoms with Crippen LogP contribution in [0.2, 0.25) is 18.7 Å². The summed E-state index contributed by atoms with van der Waals surface area (Å²) in [6, 6.07) is 7.03. The summed E-state index contributed by atoms with van der Waals surface area (Å²) in [5.41, 5.74) is 6.00. The summed E-state index contributed by atoms with van der Waals surface area (Å²) in [5.74, 6) is -2.99. The fourth-order valence-electron chi connectivity index (χ4n) is 12.3. The van der Waals surface area contributed by atoms with Gasteiger partial charge in [0.05, 0.1) is 39.0 Å². The Hall–Kier alpha value is -4.58. The minimum Gasteiger partial charge on any atom is -0.367 e. The third-order valence-electron chi connectivity index (χ3n) is 15.6. The van der Waals surface area contributed by atoms with Gasteiger partial charge in [0.1, 0.15) is 24.0 Å². The van der Waals surface area contributed by atoms with Crippen molar-refractivity contribution in [1.29, 1.82) is 5.41 Å². The van der Waals surface area contributed by atoms with Crippen molar-refractivity contribution in [2.45, 2.75) is 206 Å². The highest BCUT2D eigenvalue weighted by Gasteiger charge is 2.51. The molecule has 5 aliphatic rings. The molecule has 3 atom stereocenters. The normalized spacial score (nSPS) is 20.4. The van der Waals surface area contributed by atoms with Crippen LogP contribution in [0, 0.1) is 36.8 Å². The molecule has 1 saturated heterocycles. The van der Waals surface area contributed by atoms with E-state index in [9.17, 15) is 22.4 Å². The predicted molar refractivity (Wildman–Crippen MR) is 309 cm³/mol. The standard InChI is InChI=1S/C45H46ClF4N7O2.C13H27NO.C2H7BS/c1-4-5-32(51)39-23(3)35(9-8-31(39)46)57-43(54-42-38(44(57)59)22(2)14-33(53-42)25-10-12-45(49,50)13-11-25)34(17-24-15-28(47)20-29(48)16-24)52-37(58)21-56-36-19-27-18-30(27)40(36)41(55-56)26-6-7-26;1-6-7-8-9-14-10-12(2,3)15-13(4,5)11-14;1-3(2)4/h8-9,14-16,20,25-27,30,34,51H,4-7,10-13,17-19,21H2,1-3H3,(H,52,58);6-11H2,1-5H3;4H,1-2H3. The fraction of sp³-hybridized carbons (Fsp3) is 0.600. The number of aryl methyl sites for hydroxylation is 1. The van der Waals surface area contributed by atoms with E-state index in [1.165, 1.54) is 48.1 Å². The van der Waals surface area contributed by atoms with Gasteiger partial charge in [0, 0.05) is 78.5 Å². The van der Waals surface area contributed by atoms with E-state index < -0.39 is 35.1 Å². The van der Waals surface area contributed by atoms with Crippen LogP contribution in [0.4, 0.5) is 17.6 Å². The van der Waals surface area contributed by atoms with E-state index in [1.54, 1.807) is 36.7 Å². The first kappa shape index (κ1) is 59.5. The zero-order chi connectivity index (χ0) is 56.6. The van der Waals surface area contributed by atoms with Gasteiger partial charge in [0.15, 0.2) is 11.6 Å². The molecule has 3 saturated carbocycles.